The number of carbonyl (C=O) groups is 1. The molecule has 142 valence electrons. The molecule has 0 saturated carbocycles. The summed E-state index contributed by atoms with van der Waals surface area (Å²) in [5.41, 5.74) is 3.04. The Morgan fingerprint density at radius 1 is 1.15 bits per heavy atom. The van der Waals surface area contributed by atoms with Crippen molar-refractivity contribution in [2.75, 3.05) is 27.2 Å². The minimum Gasteiger partial charge on any atom is -0.494 e. The van der Waals surface area contributed by atoms with Crippen LogP contribution in [0.5, 0.6) is 5.75 Å². The number of hydrogen-bond acceptors (Lipinski definition) is 3. The molecule has 0 bridgehead atoms. The third-order valence-electron chi connectivity index (χ3n) is 4.79. The standard InChI is InChI=1S/C22H27N3O2/c1-5-27-17-12-10-16(11-13-17)22(26)23-14-21(24(2)3)19-15-25(4)20-9-7-6-8-18(19)20/h6-13,15,21H,5,14H2,1-4H3,(H,23,26). The van der Waals surface area contributed by atoms with Gasteiger partial charge in [0.15, 0.2) is 0 Å². The molecule has 0 aliphatic rings. The van der Waals surface area contributed by atoms with Crippen LogP contribution in [0.3, 0.4) is 0 Å². The van der Waals surface area contributed by atoms with Crippen LogP contribution in [0.2, 0.25) is 0 Å². The summed E-state index contributed by atoms with van der Waals surface area (Å²) in [7, 11) is 6.13. The van der Waals surface area contributed by atoms with Gasteiger partial charge in [0, 0.05) is 36.3 Å². The fraction of sp³-hybridized carbons (Fsp3) is 0.318. The van der Waals surface area contributed by atoms with Gasteiger partial charge in [-0.25, -0.2) is 0 Å². The molecule has 1 heterocycles. The van der Waals surface area contributed by atoms with Crippen molar-refractivity contribution in [1.82, 2.24) is 14.8 Å². The molecule has 5 nitrogen and oxygen atoms in total. The number of ether oxygens (including phenoxy) is 1. The lowest BCUT2D eigenvalue weighted by molar-refractivity contribution is 0.0942. The highest BCUT2D eigenvalue weighted by atomic mass is 16.5. The zero-order chi connectivity index (χ0) is 19.4. The van der Waals surface area contributed by atoms with Crippen LogP contribution in [0.4, 0.5) is 0 Å². The van der Waals surface area contributed by atoms with Crippen LogP contribution in [0.15, 0.2) is 54.7 Å². The fourth-order valence-corrected chi connectivity index (χ4v) is 3.37. The van der Waals surface area contributed by atoms with E-state index in [9.17, 15) is 4.79 Å². The molecule has 0 saturated heterocycles. The highest BCUT2D eigenvalue weighted by molar-refractivity contribution is 5.94. The number of amides is 1. The van der Waals surface area contributed by atoms with E-state index in [1.54, 1.807) is 12.1 Å². The predicted octanol–water partition coefficient (Wildman–Crippen LogP) is 3.61. The Bertz CT molecular complexity index is 913. The van der Waals surface area contributed by atoms with Crippen LogP contribution in [-0.2, 0) is 7.05 Å². The van der Waals surface area contributed by atoms with E-state index in [1.165, 1.54) is 16.5 Å². The van der Waals surface area contributed by atoms with Gasteiger partial charge in [0.05, 0.1) is 12.6 Å². The molecule has 1 unspecified atom stereocenters. The summed E-state index contributed by atoms with van der Waals surface area (Å²) in [6.07, 6.45) is 2.15. The number of nitrogens with one attached hydrogen (secondary N) is 1. The van der Waals surface area contributed by atoms with Crippen molar-refractivity contribution in [3.63, 3.8) is 0 Å². The van der Waals surface area contributed by atoms with Crippen LogP contribution in [0, 0.1) is 0 Å². The van der Waals surface area contributed by atoms with Crippen LogP contribution in [-0.4, -0.2) is 42.6 Å². The van der Waals surface area contributed by atoms with Crippen LogP contribution < -0.4 is 10.1 Å². The molecule has 0 fully saturated rings. The van der Waals surface area contributed by atoms with Gasteiger partial charge in [-0.1, -0.05) is 18.2 Å². The van der Waals surface area contributed by atoms with Gasteiger partial charge in [-0.15, -0.1) is 0 Å². The number of fused-ring (bicyclic) bond motifs is 1. The Labute approximate surface area is 160 Å². The van der Waals surface area contributed by atoms with Crippen molar-refractivity contribution in [2.45, 2.75) is 13.0 Å². The second kappa shape index (κ2) is 8.27. The SMILES string of the molecule is CCOc1ccc(C(=O)NCC(c2cn(C)c3ccccc23)N(C)C)cc1. The van der Waals surface area contributed by atoms with Gasteiger partial charge in [-0.3, -0.25) is 4.79 Å². The Kier molecular flexibility index (Phi) is 5.81. The first kappa shape index (κ1) is 19.0. The van der Waals surface area contributed by atoms with E-state index < -0.39 is 0 Å². The average Bonchev–Trinajstić information content (AvgIpc) is 2.99. The number of benzene rings is 2. The van der Waals surface area contributed by atoms with Gasteiger partial charge in [-0.2, -0.15) is 0 Å². The Morgan fingerprint density at radius 3 is 2.52 bits per heavy atom. The number of rotatable bonds is 7. The summed E-state index contributed by atoms with van der Waals surface area (Å²) in [4.78, 5) is 14.7. The number of aromatic nitrogens is 1. The maximum absolute atomic E-state index is 12.6. The van der Waals surface area contributed by atoms with Crippen molar-refractivity contribution in [3.05, 3.63) is 65.9 Å². The van der Waals surface area contributed by atoms with Crippen LogP contribution in [0.1, 0.15) is 28.9 Å². The monoisotopic (exact) mass is 365 g/mol. The molecule has 0 radical (unpaired) electrons. The maximum atomic E-state index is 12.6. The first-order valence-electron chi connectivity index (χ1n) is 9.22. The normalized spacial score (nSPS) is 12.3. The largest absolute Gasteiger partial charge is 0.494 e. The minimum atomic E-state index is -0.0786. The Morgan fingerprint density at radius 2 is 1.85 bits per heavy atom. The van der Waals surface area contributed by atoms with Crippen molar-refractivity contribution in [3.8, 4) is 5.75 Å². The van der Waals surface area contributed by atoms with Gasteiger partial charge >= 0.3 is 0 Å². The predicted molar refractivity (Wildman–Crippen MR) is 109 cm³/mol. The van der Waals surface area contributed by atoms with E-state index in [-0.39, 0.29) is 11.9 Å². The van der Waals surface area contributed by atoms with Crippen LogP contribution >= 0.6 is 0 Å². The Hall–Kier alpha value is -2.79. The summed E-state index contributed by atoms with van der Waals surface area (Å²) >= 11 is 0. The summed E-state index contributed by atoms with van der Waals surface area (Å²) < 4.78 is 7.56. The quantitative estimate of drug-likeness (QED) is 0.696. The lowest BCUT2D eigenvalue weighted by atomic mass is 10.0. The zero-order valence-electron chi connectivity index (χ0n) is 16.4. The van der Waals surface area contributed by atoms with E-state index in [0.717, 1.165) is 5.75 Å². The lowest BCUT2D eigenvalue weighted by Gasteiger charge is -2.24. The summed E-state index contributed by atoms with van der Waals surface area (Å²) in [6, 6.07) is 15.7. The smallest absolute Gasteiger partial charge is 0.251 e. The third kappa shape index (κ3) is 4.14. The fourth-order valence-electron chi connectivity index (χ4n) is 3.37. The van der Waals surface area contributed by atoms with Crippen molar-refractivity contribution in [2.24, 2.45) is 7.05 Å². The second-order valence-corrected chi connectivity index (χ2v) is 6.86. The minimum absolute atomic E-state index is 0.0786. The molecule has 2 aromatic carbocycles. The number of carbonyl (C=O) groups excluding carboxylic acids is 1. The lowest BCUT2D eigenvalue weighted by Crippen LogP contribution is -2.34. The molecule has 3 rings (SSSR count). The van der Waals surface area contributed by atoms with Crippen molar-refractivity contribution < 1.29 is 9.53 Å². The number of likely N-dealkylation sites (N-methyl/N-ethyl adjacent to an activating group) is 1. The topological polar surface area (TPSA) is 46.5 Å². The Balaban J connectivity index is 1.76. The highest BCUT2D eigenvalue weighted by Gasteiger charge is 2.20. The van der Waals surface area contributed by atoms with Gasteiger partial charge in [-0.05, 0) is 56.9 Å². The second-order valence-electron chi connectivity index (χ2n) is 6.86. The molecule has 0 spiro atoms. The van der Waals surface area contributed by atoms with Gasteiger partial charge in [0.25, 0.3) is 5.91 Å². The van der Waals surface area contributed by atoms with E-state index in [4.69, 9.17) is 4.74 Å². The molecule has 1 amide bonds. The first-order chi connectivity index (χ1) is 13.0. The number of hydrogen-bond donors (Lipinski definition) is 1. The maximum Gasteiger partial charge on any atom is 0.251 e. The molecule has 0 aliphatic heterocycles. The number of nitrogens with zero attached hydrogens (tertiary/aromatic N) is 2. The number of aryl methyl sites for hydroxylation is 1. The molecular formula is C22H27N3O2. The van der Waals surface area contributed by atoms with E-state index in [1.807, 2.05) is 39.2 Å². The molecule has 1 N–H and O–H groups in total. The summed E-state index contributed by atoms with van der Waals surface area (Å²) in [5, 5.41) is 4.29. The molecular weight excluding hydrogens is 338 g/mol. The van der Waals surface area contributed by atoms with Crippen molar-refractivity contribution >= 4 is 16.8 Å². The molecule has 1 atom stereocenters. The molecule has 0 aliphatic carbocycles. The molecule has 3 aromatic rings. The van der Waals surface area contributed by atoms with E-state index in [2.05, 4.69) is 46.2 Å². The average molecular weight is 365 g/mol. The van der Waals surface area contributed by atoms with Gasteiger partial charge in [0.2, 0.25) is 0 Å². The highest BCUT2D eigenvalue weighted by Crippen LogP contribution is 2.28. The molecule has 27 heavy (non-hydrogen) atoms. The van der Waals surface area contributed by atoms with Crippen LogP contribution in [0.25, 0.3) is 10.9 Å². The zero-order valence-corrected chi connectivity index (χ0v) is 16.4. The number of para-hydroxylation sites is 1. The van der Waals surface area contributed by atoms with E-state index in [0.29, 0.717) is 18.7 Å². The molecule has 5 heteroatoms. The first-order valence-corrected chi connectivity index (χ1v) is 9.22. The van der Waals surface area contributed by atoms with Gasteiger partial charge in [0.1, 0.15) is 5.75 Å². The third-order valence-corrected chi connectivity index (χ3v) is 4.79. The van der Waals surface area contributed by atoms with Gasteiger partial charge < -0.3 is 19.5 Å². The van der Waals surface area contributed by atoms with E-state index >= 15 is 0 Å². The summed E-state index contributed by atoms with van der Waals surface area (Å²) in [5.74, 6) is 0.695. The van der Waals surface area contributed by atoms with Crippen molar-refractivity contribution in [1.29, 1.82) is 0 Å². The molecule has 1 aromatic heterocycles. The summed E-state index contributed by atoms with van der Waals surface area (Å²) in [6.45, 7) is 3.09.